The van der Waals surface area contributed by atoms with Gasteiger partial charge in [-0.05, 0) is 55.7 Å². The Bertz CT molecular complexity index is 858. The number of rotatable bonds is 4. The van der Waals surface area contributed by atoms with Gasteiger partial charge in [0.05, 0.1) is 6.54 Å². The van der Waals surface area contributed by atoms with E-state index in [-0.39, 0.29) is 23.4 Å². The highest BCUT2D eigenvalue weighted by atomic mass is 19.1. The first-order valence-corrected chi connectivity index (χ1v) is 10.3. The van der Waals surface area contributed by atoms with Gasteiger partial charge in [-0.1, -0.05) is 0 Å². The summed E-state index contributed by atoms with van der Waals surface area (Å²) in [5, 5.41) is 0. The van der Waals surface area contributed by atoms with Crippen molar-refractivity contribution < 1.29 is 18.4 Å². The summed E-state index contributed by atoms with van der Waals surface area (Å²) < 4.78 is 18.8. The summed E-state index contributed by atoms with van der Waals surface area (Å²) in [4.78, 5) is 31.1. The fraction of sp³-hybridized carbons (Fsp3) is 0.455. The summed E-state index contributed by atoms with van der Waals surface area (Å²) in [6.45, 7) is 4.85. The molecule has 6 nitrogen and oxygen atoms in total. The topological polar surface area (TPSA) is 57.0 Å². The van der Waals surface area contributed by atoms with Crippen LogP contribution >= 0.6 is 0 Å². The molecule has 3 heterocycles. The van der Waals surface area contributed by atoms with Crippen molar-refractivity contribution in [1.82, 2.24) is 14.7 Å². The first-order chi connectivity index (χ1) is 14.1. The lowest BCUT2D eigenvalue weighted by Crippen LogP contribution is -2.41. The number of carbonyl (C=O) groups excluding carboxylic acids is 2. The van der Waals surface area contributed by atoms with E-state index in [9.17, 15) is 14.0 Å². The van der Waals surface area contributed by atoms with E-state index in [1.54, 1.807) is 29.2 Å². The molecule has 2 fully saturated rings. The lowest BCUT2D eigenvalue weighted by atomic mass is 10.2. The summed E-state index contributed by atoms with van der Waals surface area (Å²) in [7, 11) is 0. The molecule has 2 saturated heterocycles. The SMILES string of the molecule is O=C(CN1CCCN(C(=O)c2ccc(-c3ccc(F)cc3)o2)CC1)N1CCCC1. The summed E-state index contributed by atoms with van der Waals surface area (Å²) in [6, 6.07) is 9.39. The van der Waals surface area contributed by atoms with E-state index < -0.39 is 0 Å². The molecule has 29 heavy (non-hydrogen) atoms. The van der Waals surface area contributed by atoms with Crippen LogP contribution in [0.2, 0.25) is 0 Å². The van der Waals surface area contributed by atoms with Gasteiger partial charge in [0.2, 0.25) is 5.91 Å². The minimum atomic E-state index is -0.311. The number of furan rings is 1. The summed E-state index contributed by atoms with van der Waals surface area (Å²) in [5.74, 6) is 0.559. The van der Waals surface area contributed by atoms with Gasteiger partial charge in [-0.2, -0.15) is 0 Å². The number of nitrogens with zero attached hydrogens (tertiary/aromatic N) is 3. The molecular formula is C22H26FN3O3. The van der Waals surface area contributed by atoms with E-state index in [0.29, 0.717) is 31.9 Å². The van der Waals surface area contributed by atoms with Crippen LogP contribution in [0, 0.1) is 5.82 Å². The van der Waals surface area contributed by atoms with Crippen LogP contribution in [0.4, 0.5) is 4.39 Å². The van der Waals surface area contributed by atoms with E-state index >= 15 is 0 Å². The molecule has 4 rings (SSSR count). The Balaban J connectivity index is 1.35. The van der Waals surface area contributed by atoms with Gasteiger partial charge in [0, 0.05) is 44.8 Å². The maximum Gasteiger partial charge on any atom is 0.289 e. The number of halogens is 1. The third-order valence-corrected chi connectivity index (χ3v) is 5.64. The van der Waals surface area contributed by atoms with Crippen LogP contribution < -0.4 is 0 Å². The van der Waals surface area contributed by atoms with Crippen LogP contribution in [-0.4, -0.2) is 72.3 Å². The minimum absolute atomic E-state index is 0.147. The molecule has 2 aliphatic heterocycles. The Kier molecular flexibility index (Phi) is 5.94. The summed E-state index contributed by atoms with van der Waals surface area (Å²) in [5.41, 5.74) is 0.730. The second-order valence-corrected chi connectivity index (χ2v) is 7.68. The lowest BCUT2D eigenvalue weighted by molar-refractivity contribution is -0.131. The van der Waals surface area contributed by atoms with Crippen LogP contribution in [-0.2, 0) is 4.79 Å². The monoisotopic (exact) mass is 399 g/mol. The Labute approximate surface area is 169 Å². The van der Waals surface area contributed by atoms with Crippen molar-refractivity contribution in [3.63, 3.8) is 0 Å². The number of benzene rings is 1. The number of likely N-dealkylation sites (tertiary alicyclic amines) is 1. The van der Waals surface area contributed by atoms with Gasteiger partial charge < -0.3 is 14.2 Å². The zero-order chi connectivity index (χ0) is 20.2. The molecule has 0 bridgehead atoms. The smallest absolute Gasteiger partial charge is 0.289 e. The zero-order valence-electron chi connectivity index (χ0n) is 16.5. The fourth-order valence-electron chi connectivity index (χ4n) is 3.97. The molecule has 7 heteroatoms. The first kappa shape index (κ1) is 19.6. The van der Waals surface area contributed by atoms with Crippen molar-refractivity contribution in [2.24, 2.45) is 0 Å². The van der Waals surface area contributed by atoms with Gasteiger partial charge >= 0.3 is 0 Å². The predicted molar refractivity (Wildman–Crippen MR) is 107 cm³/mol. The van der Waals surface area contributed by atoms with Crippen LogP contribution in [0.3, 0.4) is 0 Å². The molecule has 0 atom stereocenters. The molecular weight excluding hydrogens is 373 g/mol. The third-order valence-electron chi connectivity index (χ3n) is 5.64. The standard InChI is InChI=1S/C22H26FN3O3/c23-18-6-4-17(5-7-18)19-8-9-20(29-19)22(28)26-13-3-10-24(14-15-26)16-21(27)25-11-1-2-12-25/h4-9H,1-3,10-16H2. The van der Waals surface area contributed by atoms with Gasteiger partial charge in [-0.15, -0.1) is 0 Å². The molecule has 2 aromatic rings. The van der Waals surface area contributed by atoms with Crippen LogP contribution in [0.1, 0.15) is 29.8 Å². The van der Waals surface area contributed by atoms with Crippen molar-refractivity contribution in [3.05, 3.63) is 48.0 Å². The van der Waals surface area contributed by atoms with Crippen molar-refractivity contribution >= 4 is 11.8 Å². The Morgan fingerprint density at radius 3 is 2.31 bits per heavy atom. The molecule has 0 saturated carbocycles. The Hall–Kier alpha value is -2.67. The second kappa shape index (κ2) is 8.78. The van der Waals surface area contributed by atoms with Gasteiger partial charge in [0.25, 0.3) is 5.91 Å². The predicted octanol–water partition coefficient (Wildman–Crippen LogP) is 2.86. The Morgan fingerprint density at radius 1 is 0.828 bits per heavy atom. The lowest BCUT2D eigenvalue weighted by Gasteiger charge is -2.23. The third kappa shape index (κ3) is 4.67. The molecule has 0 unspecified atom stereocenters. The van der Waals surface area contributed by atoms with E-state index in [0.717, 1.165) is 44.5 Å². The van der Waals surface area contributed by atoms with Gasteiger partial charge in [-0.25, -0.2) is 4.39 Å². The maximum atomic E-state index is 13.1. The Morgan fingerprint density at radius 2 is 1.55 bits per heavy atom. The van der Waals surface area contributed by atoms with Gasteiger partial charge in [0.1, 0.15) is 11.6 Å². The second-order valence-electron chi connectivity index (χ2n) is 7.68. The van der Waals surface area contributed by atoms with E-state index in [1.807, 2.05) is 4.90 Å². The van der Waals surface area contributed by atoms with Crippen LogP contribution in [0.5, 0.6) is 0 Å². The fourth-order valence-corrected chi connectivity index (χ4v) is 3.97. The molecule has 1 aromatic carbocycles. The van der Waals surface area contributed by atoms with Crippen molar-refractivity contribution in [1.29, 1.82) is 0 Å². The highest BCUT2D eigenvalue weighted by Crippen LogP contribution is 2.23. The highest BCUT2D eigenvalue weighted by molar-refractivity contribution is 5.92. The molecule has 1 aromatic heterocycles. The summed E-state index contributed by atoms with van der Waals surface area (Å²) in [6.07, 6.45) is 3.01. The minimum Gasteiger partial charge on any atom is -0.451 e. The average molecular weight is 399 g/mol. The summed E-state index contributed by atoms with van der Waals surface area (Å²) >= 11 is 0. The van der Waals surface area contributed by atoms with Crippen molar-refractivity contribution in [2.45, 2.75) is 19.3 Å². The van der Waals surface area contributed by atoms with Gasteiger partial charge in [-0.3, -0.25) is 14.5 Å². The van der Waals surface area contributed by atoms with Crippen LogP contribution in [0.25, 0.3) is 11.3 Å². The molecule has 2 aliphatic rings. The molecule has 0 aliphatic carbocycles. The molecule has 0 N–H and O–H groups in total. The number of carbonyl (C=O) groups is 2. The average Bonchev–Trinajstić information content (AvgIpc) is 3.38. The number of hydrogen-bond donors (Lipinski definition) is 0. The van der Waals surface area contributed by atoms with Crippen molar-refractivity contribution in [2.75, 3.05) is 45.8 Å². The molecule has 154 valence electrons. The van der Waals surface area contributed by atoms with E-state index in [4.69, 9.17) is 4.42 Å². The number of hydrogen-bond acceptors (Lipinski definition) is 4. The molecule has 0 radical (unpaired) electrons. The normalized spacial score (nSPS) is 18.1. The van der Waals surface area contributed by atoms with Gasteiger partial charge in [0.15, 0.2) is 5.76 Å². The molecule has 0 spiro atoms. The maximum absolute atomic E-state index is 13.1. The quantitative estimate of drug-likeness (QED) is 0.793. The number of amides is 2. The van der Waals surface area contributed by atoms with E-state index in [1.165, 1.54) is 12.1 Å². The largest absolute Gasteiger partial charge is 0.451 e. The molecule has 2 amide bonds. The zero-order valence-corrected chi connectivity index (χ0v) is 16.5. The highest BCUT2D eigenvalue weighted by Gasteiger charge is 2.25. The van der Waals surface area contributed by atoms with Crippen molar-refractivity contribution in [3.8, 4) is 11.3 Å². The van der Waals surface area contributed by atoms with E-state index in [2.05, 4.69) is 4.90 Å². The first-order valence-electron chi connectivity index (χ1n) is 10.3. The van der Waals surface area contributed by atoms with Crippen LogP contribution in [0.15, 0.2) is 40.8 Å².